The zero-order valence-corrected chi connectivity index (χ0v) is 15.6. The van der Waals surface area contributed by atoms with Crippen LogP contribution in [0.25, 0.3) is 0 Å². The predicted molar refractivity (Wildman–Crippen MR) is 95.6 cm³/mol. The van der Waals surface area contributed by atoms with Crippen LogP contribution >= 0.6 is 23.2 Å². The average molecular weight is 400 g/mol. The van der Waals surface area contributed by atoms with E-state index in [2.05, 4.69) is 4.72 Å². The molecular weight excluding hydrogens is 385 g/mol. The monoisotopic (exact) mass is 399 g/mol. The van der Waals surface area contributed by atoms with Crippen molar-refractivity contribution >= 4 is 39.2 Å². The Morgan fingerprint density at radius 2 is 1.88 bits per heavy atom. The van der Waals surface area contributed by atoms with Gasteiger partial charge in [-0.05, 0) is 48.2 Å². The molecule has 132 valence electrons. The van der Waals surface area contributed by atoms with E-state index >= 15 is 0 Å². The molecule has 0 saturated carbocycles. The van der Waals surface area contributed by atoms with E-state index in [1.807, 2.05) is 6.07 Å². The normalized spacial score (nSPS) is 16.5. The minimum Gasteiger partial charge on any atom is -0.465 e. The lowest BCUT2D eigenvalue weighted by Gasteiger charge is -2.16. The molecule has 5 nitrogen and oxygen atoms in total. The number of rotatable bonds is 4. The summed E-state index contributed by atoms with van der Waals surface area (Å²) in [6, 6.07) is 9.22. The van der Waals surface area contributed by atoms with Gasteiger partial charge in [0.2, 0.25) is 10.0 Å². The van der Waals surface area contributed by atoms with Gasteiger partial charge >= 0.3 is 5.97 Å². The maximum atomic E-state index is 12.7. The topological polar surface area (TPSA) is 72.5 Å². The second-order valence-electron chi connectivity index (χ2n) is 5.67. The van der Waals surface area contributed by atoms with Crippen molar-refractivity contribution in [2.45, 2.75) is 23.8 Å². The van der Waals surface area contributed by atoms with Gasteiger partial charge in [0.1, 0.15) is 4.90 Å². The van der Waals surface area contributed by atoms with Crippen molar-refractivity contribution in [3.8, 4) is 0 Å². The highest BCUT2D eigenvalue weighted by molar-refractivity contribution is 7.89. The minimum absolute atomic E-state index is 0.0570. The summed E-state index contributed by atoms with van der Waals surface area (Å²) in [5, 5.41) is 0.114. The van der Waals surface area contributed by atoms with E-state index in [0.717, 1.165) is 11.1 Å². The van der Waals surface area contributed by atoms with Crippen molar-refractivity contribution in [2.24, 2.45) is 0 Å². The largest absolute Gasteiger partial charge is 0.465 e. The van der Waals surface area contributed by atoms with Crippen LogP contribution in [0, 0.1) is 0 Å². The maximum absolute atomic E-state index is 12.7. The summed E-state index contributed by atoms with van der Waals surface area (Å²) in [5.74, 6) is -0.467. The second kappa shape index (κ2) is 6.96. The van der Waals surface area contributed by atoms with Gasteiger partial charge in [-0.15, -0.1) is 0 Å². The molecule has 0 aromatic heterocycles. The van der Waals surface area contributed by atoms with Crippen molar-refractivity contribution in [1.82, 2.24) is 4.72 Å². The van der Waals surface area contributed by atoms with Gasteiger partial charge in [0, 0.05) is 6.04 Å². The molecule has 0 amide bonds. The van der Waals surface area contributed by atoms with E-state index in [1.165, 1.54) is 19.2 Å². The Hall–Kier alpha value is -1.60. The van der Waals surface area contributed by atoms with E-state index in [4.69, 9.17) is 27.9 Å². The number of sulfonamides is 1. The van der Waals surface area contributed by atoms with Gasteiger partial charge in [-0.2, -0.15) is 0 Å². The lowest BCUT2D eigenvalue weighted by atomic mass is 10.0. The maximum Gasteiger partial charge on any atom is 0.337 e. The summed E-state index contributed by atoms with van der Waals surface area (Å²) in [4.78, 5) is 11.6. The molecule has 1 N–H and O–H groups in total. The summed E-state index contributed by atoms with van der Waals surface area (Å²) < 4.78 is 32.9. The number of aryl methyl sites for hydroxylation is 1. The van der Waals surface area contributed by atoms with Gasteiger partial charge in [0.25, 0.3) is 0 Å². The number of carbonyl (C=O) groups is 1. The summed E-state index contributed by atoms with van der Waals surface area (Å²) in [7, 11) is -2.62. The number of fused-ring (bicyclic) bond motifs is 1. The zero-order chi connectivity index (χ0) is 18.2. The average Bonchev–Trinajstić information content (AvgIpc) is 2.95. The van der Waals surface area contributed by atoms with E-state index in [0.29, 0.717) is 18.4 Å². The number of hydrogen-bond acceptors (Lipinski definition) is 4. The van der Waals surface area contributed by atoms with Crippen LogP contribution in [0.2, 0.25) is 10.0 Å². The first-order valence-electron chi connectivity index (χ1n) is 7.51. The van der Waals surface area contributed by atoms with E-state index in [1.54, 1.807) is 18.2 Å². The quantitative estimate of drug-likeness (QED) is 0.794. The number of carbonyl (C=O) groups excluding carboxylic acids is 1. The zero-order valence-electron chi connectivity index (χ0n) is 13.3. The first-order valence-corrected chi connectivity index (χ1v) is 9.75. The molecule has 2 aromatic rings. The summed E-state index contributed by atoms with van der Waals surface area (Å²) >= 11 is 12.0. The van der Waals surface area contributed by atoms with E-state index in [9.17, 15) is 13.2 Å². The Kier molecular flexibility index (Phi) is 5.06. The van der Waals surface area contributed by atoms with Gasteiger partial charge in [-0.25, -0.2) is 17.9 Å². The first-order chi connectivity index (χ1) is 11.8. The van der Waals surface area contributed by atoms with Crippen LogP contribution in [0.4, 0.5) is 0 Å². The number of esters is 1. The summed E-state index contributed by atoms with van der Waals surface area (Å²) in [6.45, 7) is 0. The number of benzene rings is 2. The molecule has 0 aliphatic heterocycles. The third kappa shape index (κ3) is 3.53. The highest BCUT2D eigenvalue weighted by Gasteiger charge is 2.30. The molecule has 1 aliphatic carbocycles. The smallest absolute Gasteiger partial charge is 0.337 e. The van der Waals surface area contributed by atoms with Crippen molar-refractivity contribution in [3.05, 3.63) is 63.1 Å². The highest BCUT2D eigenvalue weighted by Crippen LogP contribution is 2.35. The van der Waals surface area contributed by atoms with Crippen LogP contribution < -0.4 is 4.72 Å². The van der Waals surface area contributed by atoms with E-state index in [-0.39, 0.29) is 14.9 Å². The Morgan fingerprint density at radius 1 is 1.20 bits per heavy atom. The van der Waals surface area contributed by atoms with Crippen molar-refractivity contribution < 1.29 is 17.9 Å². The molecule has 2 aromatic carbocycles. The van der Waals surface area contributed by atoms with E-state index < -0.39 is 22.0 Å². The Balaban J connectivity index is 1.95. The molecule has 8 heteroatoms. The molecule has 0 bridgehead atoms. The SMILES string of the molecule is COC(=O)c1ccc2c(c1)[C@H](NS(=O)(=O)c1c(Cl)cccc1Cl)CC2. The van der Waals surface area contributed by atoms with Crippen LogP contribution in [0.1, 0.15) is 33.9 Å². The van der Waals surface area contributed by atoms with Gasteiger partial charge in [0.05, 0.1) is 22.7 Å². The number of ether oxygens (including phenoxy) is 1. The summed E-state index contributed by atoms with van der Waals surface area (Å²) in [6.07, 6.45) is 1.29. The summed E-state index contributed by atoms with van der Waals surface area (Å²) in [5.41, 5.74) is 2.13. The number of hydrogen-bond donors (Lipinski definition) is 1. The Bertz CT molecular complexity index is 923. The molecule has 25 heavy (non-hydrogen) atoms. The molecule has 1 aliphatic rings. The fourth-order valence-corrected chi connectivity index (χ4v) is 5.35. The van der Waals surface area contributed by atoms with Crippen LogP contribution in [-0.2, 0) is 21.2 Å². The molecule has 0 spiro atoms. The first kappa shape index (κ1) is 18.2. The third-order valence-corrected chi connectivity index (χ3v) is 6.56. The molecule has 0 fully saturated rings. The van der Waals surface area contributed by atoms with Crippen molar-refractivity contribution in [1.29, 1.82) is 0 Å². The second-order valence-corrected chi connectivity index (χ2v) is 8.13. The van der Waals surface area contributed by atoms with Gasteiger partial charge in [-0.1, -0.05) is 35.3 Å². The van der Waals surface area contributed by atoms with Gasteiger partial charge < -0.3 is 4.74 Å². The lowest BCUT2D eigenvalue weighted by Crippen LogP contribution is -2.28. The number of methoxy groups -OCH3 is 1. The fraction of sp³-hybridized carbons (Fsp3) is 0.235. The van der Waals surface area contributed by atoms with Gasteiger partial charge in [-0.3, -0.25) is 0 Å². The molecule has 3 rings (SSSR count). The Morgan fingerprint density at radius 3 is 2.52 bits per heavy atom. The molecule has 0 radical (unpaired) electrons. The molecule has 0 unspecified atom stereocenters. The van der Waals surface area contributed by atoms with Crippen LogP contribution in [-0.4, -0.2) is 21.5 Å². The molecule has 0 saturated heterocycles. The van der Waals surface area contributed by atoms with Crippen LogP contribution in [0.5, 0.6) is 0 Å². The van der Waals surface area contributed by atoms with Crippen molar-refractivity contribution in [2.75, 3.05) is 7.11 Å². The number of halogens is 2. The van der Waals surface area contributed by atoms with Crippen molar-refractivity contribution in [3.63, 3.8) is 0 Å². The standard InChI is InChI=1S/C17H15Cl2NO4S/c1-24-17(21)11-6-5-10-7-8-15(12(10)9-11)20-25(22,23)16-13(18)3-2-4-14(16)19/h2-6,9,15,20H,7-8H2,1H3/t15-/m1/s1. The lowest BCUT2D eigenvalue weighted by molar-refractivity contribution is 0.0600. The molecule has 1 atom stereocenters. The third-order valence-electron chi connectivity index (χ3n) is 4.13. The van der Waals surface area contributed by atoms with Crippen LogP contribution in [0.3, 0.4) is 0 Å². The molecule has 0 heterocycles. The number of nitrogens with one attached hydrogen (secondary N) is 1. The molecular formula is C17H15Cl2NO4S. The van der Waals surface area contributed by atoms with Crippen LogP contribution in [0.15, 0.2) is 41.3 Å². The van der Waals surface area contributed by atoms with Gasteiger partial charge in [0.15, 0.2) is 0 Å². The fourth-order valence-electron chi connectivity index (χ4n) is 2.96. The Labute approximate surface area is 155 Å². The minimum atomic E-state index is -3.92. The highest BCUT2D eigenvalue weighted by atomic mass is 35.5. The predicted octanol–water partition coefficient (Wildman–Crippen LogP) is 3.75.